The van der Waals surface area contributed by atoms with Crippen LogP contribution in [0.5, 0.6) is 0 Å². The van der Waals surface area contributed by atoms with Crippen molar-refractivity contribution >= 4 is 5.78 Å². The van der Waals surface area contributed by atoms with Crippen LogP contribution in [0.25, 0.3) is 0 Å². The molecule has 1 aromatic rings. The largest absolute Gasteiger partial charge is 0.295 e. The summed E-state index contributed by atoms with van der Waals surface area (Å²) in [6.07, 6.45) is 9.33. The Morgan fingerprint density at radius 1 is 1.14 bits per heavy atom. The van der Waals surface area contributed by atoms with Gasteiger partial charge in [0, 0.05) is 5.92 Å². The summed E-state index contributed by atoms with van der Waals surface area (Å²) >= 11 is 0. The Kier molecular flexibility index (Phi) is 5.39. The molecule has 0 aromatic heterocycles. The van der Waals surface area contributed by atoms with Crippen molar-refractivity contribution in [1.82, 2.24) is 0 Å². The standard InChI is InChI=1S/C21H28O/c1-16-10-11-19(18-8-6-5-7-9-18)17(2)20(22)13-15-21(3,4)14-12-16/h5-9,12-13,15,17,19H,10-11,14H2,1-4H3/b15-13+,16-12+/t17-,19-/m1/s1. The smallest absolute Gasteiger partial charge is 0.158 e. The normalized spacial score (nSPS) is 30.0. The summed E-state index contributed by atoms with van der Waals surface area (Å²) in [7, 11) is 0. The average molecular weight is 296 g/mol. The highest BCUT2D eigenvalue weighted by molar-refractivity contribution is 5.92. The molecule has 0 bridgehead atoms. The molecule has 0 saturated carbocycles. The molecule has 2 atom stereocenters. The fourth-order valence-corrected chi connectivity index (χ4v) is 3.05. The molecule has 1 aliphatic rings. The second-order valence-corrected chi connectivity index (χ2v) is 7.32. The van der Waals surface area contributed by atoms with Crippen LogP contribution < -0.4 is 0 Å². The lowest BCUT2D eigenvalue weighted by atomic mass is 9.80. The van der Waals surface area contributed by atoms with Gasteiger partial charge in [-0.15, -0.1) is 0 Å². The van der Waals surface area contributed by atoms with Gasteiger partial charge in [-0.1, -0.05) is 68.8 Å². The molecule has 2 rings (SSSR count). The van der Waals surface area contributed by atoms with E-state index in [2.05, 4.69) is 64.1 Å². The predicted molar refractivity (Wildman–Crippen MR) is 93.9 cm³/mol. The van der Waals surface area contributed by atoms with Gasteiger partial charge in [0.2, 0.25) is 0 Å². The number of hydrogen-bond acceptors (Lipinski definition) is 1. The molecule has 22 heavy (non-hydrogen) atoms. The van der Waals surface area contributed by atoms with Crippen LogP contribution in [-0.4, -0.2) is 5.78 Å². The number of benzene rings is 1. The molecule has 1 heteroatoms. The second-order valence-electron chi connectivity index (χ2n) is 7.32. The number of carbonyl (C=O) groups is 1. The van der Waals surface area contributed by atoms with Crippen molar-refractivity contribution in [2.24, 2.45) is 11.3 Å². The zero-order valence-corrected chi connectivity index (χ0v) is 14.3. The molecule has 118 valence electrons. The first-order valence-corrected chi connectivity index (χ1v) is 8.33. The molecular weight excluding hydrogens is 268 g/mol. The molecule has 1 aromatic carbocycles. The van der Waals surface area contributed by atoms with Crippen LogP contribution in [0.1, 0.15) is 58.4 Å². The van der Waals surface area contributed by atoms with E-state index in [1.54, 1.807) is 0 Å². The molecule has 0 saturated heterocycles. The van der Waals surface area contributed by atoms with Crippen LogP contribution in [0.3, 0.4) is 0 Å². The fraction of sp³-hybridized carbons (Fsp3) is 0.476. The lowest BCUT2D eigenvalue weighted by Crippen LogP contribution is -2.18. The van der Waals surface area contributed by atoms with Crippen LogP contribution in [-0.2, 0) is 4.79 Å². The zero-order valence-electron chi connectivity index (χ0n) is 14.3. The molecule has 1 nitrogen and oxygen atoms in total. The van der Waals surface area contributed by atoms with Gasteiger partial charge in [-0.3, -0.25) is 4.79 Å². The van der Waals surface area contributed by atoms with Crippen molar-refractivity contribution < 1.29 is 4.79 Å². The number of allylic oxidation sites excluding steroid dienone is 4. The van der Waals surface area contributed by atoms with E-state index in [9.17, 15) is 4.79 Å². The Balaban J connectivity index is 2.33. The van der Waals surface area contributed by atoms with Crippen molar-refractivity contribution in [2.45, 2.75) is 52.9 Å². The highest BCUT2D eigenvalue weighted by Crippen LogP contribution is 2.33. The SMILES string of the molecule is C/C1=C\CC(C)(C)/C=C/C(=O)[C@H](C)[C@H](c2ccccc2)CC1. The lowest BCUT2D eigenvalue weighted by molar-refractivity contribution is -0.118. The van der Waals surface area contributed by atoms with Crippen molar-refractivity contribution in [1.29, 1.82) is 0 Å². The molecule has 0 N–H and O–H groups in total. The van der Waals surface area contributed by atoms with Gasteiger partial charge in [0.25, 0.3) is 0 Å². The predicted octanol–water partition coefficient (Wildman–Crippen LogP) is 5.69. The number of rotatable bonds is 1. The van der Waals surface area contributed by atoms with Gasteiger partial charge in [-0.25, -0.2) is 0 Å². The maximum Gasteiger partial charge on any atom is 0.158 e. The maximum atomic E-state index is 12.6. The van der Waals surface area contributed by atoms with E-state index < -0.39 is 0 Å². The third-order valence-electron chi connectivity index (χ3n) is 4.81. The molecule has 0 amide bonds. The first-order chi connectivity index (χ1) is 10.4. The van der Waals surface area contributed by atoms with Gasteiger partial charge in [0.15, 0.2) is 5.78 Å². The van der Waals surface area contributed by atoms with Crippen molar-refractivity contribution in [2.75, 3.05) is 0 Å². The van der Waals surface area contributed by atoms with E-state index in [0.717, 1.165) is 19.3 Å². The second kappa shape index (κ2) is 7.09. The summed E-state index contributed by atoms with van der Waals surface area (Å²) in [6.45, 7) is 8.68. The van der Waals surface area contributed by atoms with Gasteiger partial charge in [-0.05, 0) is 49.2 Å². The number of hydrogen-bond donors (Lipinski definition) is 0. The van der Waals surface area contributed by atoms with Gasteiger partial charge >= 0.3 is 0 Å². The molecule has 0 aliphatic heterocycles. The molecular formula is C21H28O. The quantitative estimate of drug-likeness (QED) is 0.609. The third-order valence-corrected chi connectivity index (χ3v) is 4.81. The van der Waals surface area contributed by atoms with Gasteiger partial charge in [0.05, 0.1) is 0 Å². The summed E-state index contributed by atoms with van der Waals surface area (Å²) in [5.74, 6) is 0.574. The highest BCUT2D eigenvalue weighted by Gasteiger charge is 2.25. The monoisotopic (exact) mass is 296 g/mol. The molecule has 0 radical (unpaired) electrons. The summed E-state index contributed by atoms with van der Waals surface area (Å²) in [5.41, 5.74) is 2.76. The molecule has 0 fully saturated rings. The summed E-state index contributed by atoms with van der Waals surface area (Å²) in [4.78, 5) is 12.6. The lowest BCUT2D eigenvalue weighted by Gasteiger charge is -2.23. The Hall–Kier alpha value is -1.63. The Bertz CT molecular complexity index is 563. The number of carbonyl (C=O) groups excluding carboxylic acids is 1. The van der Waals surface area contributed by atoms with E-state index in [1.165, 1.54) is 11.1 Å². The minimum Gasteiger partial charge on any atom is -0.295 e. The van der Waals surface area contributed by atoms with E-state index in [1.807, 2.05) is 12.1 Å². The number of ketones is 1. The fourth-order valence-electron chi connectivity index (χ4n) is 3.05. The first kappa shape index (κ1) is 16.7. The molecule has 0 unspecified atom stereocenters. The van der Waals surface area contributed by atoms with E-state index in [4.69, 9.17) is 0 Å². The zero-order chi connectivity index (χ0) is 16.2. The van der Waals surface area contributed by atoms with Gasteiger partial charge in [0.1, 0.15) is 0 Å². The Labute approximate surface area is 135 Å². The summed E-state index contributed by atoms with van der Waals surface area (Å²) < 4.78 is 0. The summed E-state index contributed by atoms with van der Waals surface area (Å²) in [5, 5.41) is 0. The van der Waals surface area contributed by atoms with E-state index >= 15 is 0 Å². The first-order valence-electron chi connectivity index (χ1n) is 8.33. The van der Waals surface area contributed by atoms with Crippen molar-refractivity contribution in [3.63, 3.8) is 0 Å². The molecule has 0 spiro atoms. The topological polar surface area (TPSA) is 17.1 Å². The van der Waals surface area contributed by atoms with E-state index in [-0.39, 0.29) is 17.1 Å². The van der Waals surface area contributed by atoms with Crippen LogP contribution in [0.2, 0.25) is 0 Å². The van der Waals surface area contributed by atoms with Crippen LogP contribution >= 0.6 is 0 Å². The van der Waals surface area contributed by atoms with Gasteiger partial charge < -0.3 is 0 Å². The van der Waals surface area contributed by atoms with Gasteiger partial charge in [-0.2, -0.15) is 0 Å². The highest BCUT2D eigenvalue weighted by atomic mass is 16.1. The summed E-state index contributed by atoms with van der Waals surface area (Å²) in [6, 6.07) is 10.5. The minimum absolute atomic E-state index is 0.0281. The maximum absolute atomic E-state index is 12.6. The van der Waals surface area contributed by atoms with Crippen LogP contribution in [0.4, 0.5) is 0 Å². The Morgan fingerprint density at radius 3 is 2.50 bits per heavy atom. The van der Waals surface area contributed by atoms with Crippen molar-refractivity contribution in [3.05, 3.63) is 59.7 Å². The molecule has 1 aliphatic carbocycles. The molecule has 0 heterocycles. The Morgan fingerprint density at radius 2 is 1.82 bits per heavy atom. The van der Waals surface area contributed by atoms with Crippen LogP contribution in [0.15, 0.2) is 54.1 Å². The van der Waals surface area contributed by atoms with Crippen molar-refractivity contribution in [3.8, 4) is 0 Å². The minimum atomic E-state index is 0.0281. The average Bonchev–Trinajstić information content (AvgIpc) is 2.52. The third kappa shape index (κ3) is 4.43. The van der Waals surface area contributed by atoms with E-state index in [0.29, 0.717) is 5.92 Å². The van der Waals surface area contributed by atoms with Crippen LogP contribution in [0, 0.1) is 11.3 Å².